The third kappa shape index (κ3) is 1.21. The van der Waals surface area contributed by atoms with Crippen molar-refractivity contribution < 1.29 is 9.53 Å². The number of nitrogens with zero attached hydrogens (tertiary/aromatic N) is 2. The monoisotopic (exact) mass is 174 g/mol. The standard InChI is InChI=1S/C6H7ClN2O2/c1-9-6(11-2)4(3-10)5(7)8-9/h3H,1-2H3. The molecule has 1 heterocycles. The zero-order valence-corrected chi connectivity index (χ0v) is 6.92. The van der Waals surface area contributed by atoms with Crippen molar-refractivity contribution in [2.24, 2.45) is 7.05 Å². The van der Waals surface area contributed by atoms with Gasteiger partial charge in [0.25, 0.3) is 0 Å². The summed E-state index contributed by atoms with van der Waals surface area (Å²) in [4.78, 5) is 10.4. The van der Waals surface area contributed by atoms with Gasteiger partial charge >= 0.3 is 0 Å². The average Bonchev–Trinajstić information content (AvgIpc) is 2.24. The van der Waals surface area contributed by atoms with Crippen LogP contribution in [0.25, 0.3) is 0 Å². The van der Waals surface area contributed by atoms with E-state index in [0.717, 1.165) is 0 Å². The molecule has 5 heteroatoms. The van der Waals surface area contributed by atoms with Gasteiger partial charge in [-0.1, -0.05) is 11.6 Å². The quantitative estimate of drug-likeness (QED) is 0.626. The van der Waals surface area contributed by atoms with Gasteiger partial charge in [-0.05, 0) is 0 Å². The minimum absolute atomic E-state index is 0.166. The maximum absolute atomic E-state index is 10.4. The molecule has 0 saturated carbocycles. The van der Waals surface area contributed by atoms with E-state index in [0.29, 0.717) is 12.2 Å². The second kappa shape index (κ2) is 2.92. The first kappa shape index (κ1) is 8.07. The fourth-order valence-electron chi connectivity index (χ4n) is 0.835. The number of aldehydes is 1. The number of carbonyl (C=O) groups is 1. The highest BCUT2D eigenvalue weighted by molar-refractivity contribution is 6.32. The Balaban J connectivity index is 3.28. The minimum Gasteiger partial charge on any atom is -0.481 e. The summed E-state index contributed by atoms with van der Waals surface area (Å²) in [6, 6.07) is 0. The molecule has 0 radical (unpaired) electrons. The molecule has 0 spiro atoms. The average molecular weight is 175 g/mol. The predicted molar refractivity (Wildman–Crippen MR) is 40.2 cm³/mol. The van der Waals surface area contributed by atoms with Gasteiger partial charge in [0.15, 0.2) is 11.4 Å². The number of ether oxygens (including phenoxy) is 1. The van der Waals surface area contributed by atoms with E-state index in [-0.39, 0.29) is 10.7 Å². The van der Waals surface area contributed by atoms with Gasteiger partial charge in [0.2, 0.25) is 5.88 Å². The van der Waals surface area contributed by atoms with Gasteiger partial charge in [-0.25, -0.2) is 4.68 Å². The Morgan fingerprint density at radius 2 is 2.36 bits per heavy atom. The molecule has 0 aliphatic rings. The zero-order valence-electron chi connectivity index (χ0n) is 6.17. The van der Waals surface area contributed by atoms with E-state index in [1.54, 1.807) is 7.05 Å². The summed E-state index contributed by atoms with van der Waals surface area (Å²) in [5.41, 5.74) is 0.289. The number of carbonyl (C=O) groups excluding carboxylic acids is 1. The number of aromatic nitrogens is 2. The Morgan fingerprint density at radius 3 is 2.73 bits per heavy atom. The van der Waals surface area contributed by atoms with Crippen LogP contribution in [-0.4, -0.2) is 23.2 Å². The van der Waals surface area contributed by atoms with Crippen molar-refractivity contribution in [1.29, 1.82) is 0 Å². The molecule has 0 aliphatic carbocycles. The van der Waals surface area contributed by atoms with Crippen LogP contribution in [0.15, 0.2) is 0 Å². The maximum atomic E-state index is 10.4. The first-order valence-electron chi connectivity index (χ1n) is 2.92. The predicted octanol–water partition coefficient (Wildman–Crippen LogP) is 0.895. The molecule has 1 aromatic heterocycles. The first-order chi connectivity index (χ1) is 5.20. The van der Waals surface area contributed by atoms with Crippen LogP contribution in [0.1, 0.15) is 10.4 Å². The molecule has 4 nitrogen and oxygen atoms in total. The van der Waals surface area contributed by atoms with Crippen molar-refractivity contribution >= 4 is 17.9 Å². The van der Waals surface area contributed by atoms with E-state index in [1.807, 2.05) is 0 Å². The summed E-state index contributed by atoms with van der Waals surface area (Å²) in [7, 11) is 3.11. The summed E-state index contributed by atoms with van der Waals surface area (Å²) in [6.07, 6.45) is 0.619. The first-order valence-corrected chi connectivity index (χ1v) is 3.30. The Hall–Kier alpha value is -1.03. The molecule has 0 atom stereocenters. The Labute approximate surface area is 68.7 Å². The molecule has 0 amide bonds. The van der Waals surface area contributed by atoms with Crippen LogP contribution in [0.5, 0.6) is 5.88 Å². The topological polar surface area (TPSA) is 44.1 Å². The highest BCUT2D eigenvalue weighted by Crippen LogP contribution is 2.22. The van der Waals surface area contributed by atoms with Gasteiger partial charge in [-0.15, -0.1) is 0 Å². The molecule has 0 N–H and O–H groups in total. The van der Waals surface area contributed by atoms with Crippen molar-refractivity contribution in [1.82, 2.24) is 9.78 Å². The fraction of sp³-hybridized carbons (Fsp3) is 0.333. The maximum Gasteiger partial charge on any atom is 0.223 e. The van der Waals surface area contributed by atoms with Crippen molar-refractivity contribution in [2.75, 3.05) is 7.11 Å². The van der Waals surface area contributed by atoms with Crippen LogP contribution >= 0.6 is 11.6 Å². The van der Waals surface area contributed by atoms with Gasteiger partial charge in [-0.2, -0.15) is 5.10 Å². The Bertz CT molecular complexity index is 282. The van der Waals surface area contributed by atoms with Crippen LogP contribution < -0.4 is 4.74 Å². The number of hydrogen-bond donors (Lipinski definition) is 0. The summed E-state index contributed by atoms with van der Waals surface area (Å²) >= 11 is 5.59. The Morgan fingerprint density at radius 1 is 1.73 bits per heavy atom. The van der Waals surface area contributed by atoms with Crippen LogP contribution in [-0.2, 0) is 7.05 Å². The molecule has 1 aromatic rings. The summed E-state index contributed by atoms with van der Waals surface area (Å²) in [6.45, 7) is 0. The normalized spacial score (nSPS) is 9.73. The number of aryl methyl sites for hydroxylation is 1. The van der Waals surface area contributed by atoms with Gasteiger partial charge in [0.05, 0.1) is 7.11 Å². The smallest absolute Gasteiger partial charge is 0.223 e. The summed E-state index contributed by atoms with van der Waals surface area (Å²) < 4.78 is 6.28. The molecule has 0 fully saturated rings. The van der Waals surface area contributed by atoms with Gasteiger partial charge in [-0.3, -0.25) is 4.79 Å². The van der Waals surface area contributed by atoms with Gasteiger partial charge in [0.1, 0.15) is 5.56 Å². The van der Waals surface area contributed by atoms with Crippen LogP contribution in [0, 0.1) is 0 Å². The van der Waals surface area contributed by atoms with Crippen molar-refractivity contribution in [3.8, 4) is 5.88 Å². The summed E-state index contributed by atoms with van der Waals surface area (Å²) in [5.74, 6) is 0.380. The highest BCUT2D eigenvalue weighted by atomic mass is 35.5. The SMILES string of the molecule is COc1c(C=O)c(Cl)nn1C. The van der Waals surface area contributed by atoms with Crippen molar-refractivity contribution in [3.05, 3.63) is 10.7 Å². The number of rotatable bonds is 2. The second-order valence-electron chi connectivity index (χ2n) is 1.96. The van der Waals surface area contributed by atoms with E-state index in [2.05, 4.69) is 5.10 Å². The van der Waals surface area contributed by atoms with Crippen molar-refractivity contribution in [3.63, 3.8) is 0 Å². The second-order valence-corrected chi connectivity index (χ2v) is 2.31. The molecule has 60 valence electrons. The third-order valence-corrected chi connectivity index (χ3v) is 1.57. The lowest BCUT2D eigenvalue weighted by Gasteiger charge is -1.97. The van der Waals surface area contributed by atoms with E-state index < -0.39 is 0 Å². The number of hydrogen-bond acceptors (Lipinski definition) is 3. The lowest BCUT2D eigenvalue weighted by molar-refractivity contribution is 0.112. The van der Waals surface area contributed by atoms with Crippen LogP contribution in [0.4, 0.5) is 0 Å². The number of halogens is 1. The third-order valence-electron chi connectivity index (χ3n) is 1.30. The summed E-state index contributed by atoms with van der Waals surface area (Å²) in [5, 5.41) is 3.94. The van der Waals surface area contributed by atoms with Gasteiger partial charge < -0.3 is 4.74 Å². The highest BCUT2D eigenvalue weighted by Gasteiger charge is 2.13. The lowest BCUT2D eigenvalue weighted by atomic mass is 10.4. The lowest BCUT2D eigenvalue weighted by Crippen LogP contribution is -1.96. The molecule has 0 bridgehead atoms. The van der Waals surface area contributed by atoms with E-state index in [1.165, 1.54) is 11.8 Å². The Kier molecular flexibility index (Phi) is 2.14. The molecule has 0 saturated heterocycles. The molecule has 1 rings (SSSR count). The minimum atomic E-state index is 0.166. The molecular formula is C6H7ClN2O2. The molecule has 11 heavy (non-hydrogen) atoms. The zero-order chi connectivity index (χ0) is 8.43. The fourth-order valence-corrected chi connectivity index (χ4v) is 1.07. The largest absolute Gasteiger partial charge is 0.481 e. The molecular weight excluding hydrogens is 168 g/mol. The van der Waals surface area contributed by atoms with Crippen LogP contribution in [0.2, 0.25) is 5.15 Å². The van der Waals surface area contributed by atoms with E-state index in [9.17, 15) is 4.79 Å². The van der Waals surface area contributed by atoms with Crippen molar-refractivity contribution in [2.45, 2.75) is 0 Å². The molecule has 0 unspecified atom stereocenters. The van der Waals surface area contributed by atoms with E-state index in [4.69, 9.17) is 16.3 Å². The molecule has 0 aliphatic heterocycles. The number of methoxy groups -OCH3 is 1. The van der Waals surface area contributed by atoms with Gasteiger partial charge in [0, 0.05) is 7.05 Å². The van der Waals surface area contributed by atoms with Crippen LogP contribution in [0.3, 0.4) is 0 Å². The molecule has 0 aromatic carbocycles. The van der Waals surface area contributed by atoms with E-state index >= 15 is 0 Å².